The summed E-state index contributed by atoms with van der Waals surface area (Å²) in [5.74, 6) is -0.524. The molecule has 0 unspecified atom stereocenters. The van der Waals surface area contributed by atoms with E-state index in [0.717, 1.165) is 5.56 Å². The first-order chi connectivity index (χ1) is 9.98. The van der Waals surface area contributed by atoms with Crippen molar-refractivity contribution in [2.45, 2.75) is 19.6 Å². The average Bonchev–Trinajstić information content (AvgIpc) is 2.69. The van der Waals surface area contributed by atoms with Crippen molar-refractivity contribution in [3.63, 3.8) is 0 Å². The molecule has 1 aromatic carbocycles. The molecule has 0 aromatic heterocycles. The van der Waals surface area contributed by atoms with Gasteiger partial charge in [0.2, 0.25) is 0 Å². The summed E-state index contributed by atoms with van der Waals surface area (Å²) in [6, 6.07) is 2.97. The molecule has 2 heterocycles. The second-order valence-corrected chi connectivity index (χ2v) is 4.61. The number of esters is 1. The number of carbonyl (C=O) groups excluding carboxylic acids is 1. The van der Waals surface area contributed by atoms with Crippen LogP contribution in [0.4, 0.5) is 8.78 Å². The maximum atomic E-state index is 13.1. The van der Waals surface area contributed by atoms with Crippen LogP contribution in [0.25, 0.3) is 5.70 Å². The maximum Gasteiger partial charge on any atom is 0.586 e. The van der Waals surface area contributed by atoms with Crippen molar-refractivity contribution in [3.8, 4) is 11.5 Å². The highest BCUT2D eigenvalue weighted by Crippen LogP contribution is 2.44. The van der Waals surface area contributed by atoms with Crippen LogP contribution in [0.15, 0.2) is 18.2 Å². The molecule has 0 spiro atoms. The second kappa shape index (κ2) is 4.91. The summed E-state index contributed by atoms with van der Waals surface area (Å²) in [6.45, 7) is 2.57. The van der Waals surface area contributed by atoms with E-state index in [0.29, 0.717) is 24.2 Å². The molecule has 0 amide bonds. The van der Waals surface area contributed by atoms with Crippen molar-refractivity contribution in [2.75, 3.05) is 13.2 Å². The molecule has 3 rings (SSSR count). The smallest absolute Gasteiger partial charge is 0.463 e. The molecule has 5 nitrogen and oxygen atoms in total. The predicted molar refractivity (Wildman–Crippen MR) is 69.0 cm³/mol. The Kier molecular flexibility index (Phi) is 3.19. The Labute approximate surface area is 119 Å². The van der Waals surface area contributed by atoms with Gasteiger partial charge in [0.25, 0.3) is 0 Å². The zero-order chi connectivity index (χ0) is 15.0. The van der Waals surface area contributed by atoms with Crippen molar-refractivity contribution in [1.82, 2.24) is 5.32 Å². The SMILES string of the molecule is CCOC(=O)/C=C1/NCCc2cc3c(cc21)OC(F)(F)O3. The molecule has 0 aliphatic carbocycles. The minimum absolute atomic E-state index is 0.0103. The molecular formula is C14H13F2NO4. The number of alkyl halides is 2. The zero-order valence-corrected chi connectivity index (χ0v) is 11.2. The first-order valence-corrected chi connectivity index (χ1v) is 6.54. The van der Waals surface area contributed by atoms with Crippen molar-refractivity contribution in [1.29, 1.82) is 0 Å². The van der Waals surface area contributed by atoms with E-state index in [1.165, 1.54) is 18.2 Å². The Morgan fingerprint density at radius 3 is 2.86 bits per heavy atom. The molecule has 2 aliphatic rings. The maximum absolute atomic E-state index is 13.1. The van der Waals surface area contributed by atoms with Gasteiger partial charge >= 0.3 is 12.3 Å². The van der Waals surface area contributed by atoms with Crippen LogP contribution in [-0.2, 0) is 16.0 Å². The summed E-state index contributed by atoms with van der Waals surface area (Å²) in [7, 11) is 0. The fourth-order valence-electron chi connectivity index (χ4n) is 2.35. The number of ether oxygens (including phenoxy) is 3. The third-order valence-corrected chi connectivity index (χ3v) is 3.18. The largest absolute Gasteiger partial charge is 0.586 e. The van der Waals surface area contributed by atoms with E-state index in [9.17, 15) is 13.6 Å². The van der Waals surface area contributed by atoms with Gasteiger partial charge in [-0.2, -0.15) is 0 Å². The molecule has 0 fully saturated rings. The molecule has 0 saturated carbocycles. The Hall–Kier alpha value is -2.31. The first-order valence-electron chi connectivity index (χ1n) is 6.54. The topological polar surface area (TPSA) is 56.8 Å². The van der Waals surface area contributed by atoms with E-state index in [1.807, 2.05) is 0 Å². The Morgan fingerprint density at radius 1 is 1.43 bits per heavy atom. The Bertz CT molecular complexity index is 628. The van der Waals surface area contributed by atoms with Crippen LogP contribution < -0.4 is 14.8 Å². The third-order valence-electron chi connectivity index (χ3n) is 3.18. The van der Waals surface area contributed by atoms with Gasteiger partial charge in [-0.25, -0.2) is 4.79 Å². The third kappa shape index (κ3) is 2.63. The number of nitrogens with one attached hydrogen (secondary N) is 1. The van der Waals surface area contributed by atoms with Crippen molar-refractivity contribution in [3.05, 3.63) is 29.3 Å². The number of carbonyl (C=O) groups is 1. The van der Waals surface area contributed by atoms with Gasteiger partial charge in [0.05, 0.1) is 6.61 Å². The van der Waals surface area contributed by atoms with E-state index in [-0.39, 0.29) is 18.1 Å². The molecule has 21 heavy (non-hydrogen) atoms. The fraction of sp³-hybridized carbons (Fsp3) is 0.357. The molecule has 2 aliphatic heterocycles. The summed E-state index contributed by atoms with van der Waals surface area (Å²) >= 11 is 0. The van der Waals surface area contributed by atoms with E-state index < -0.39 is 12.3 Å². The lowest BCUT2D eigenvalue weighted by Gasteiger charge is -2.21. The summed E-state index contributed by atoms with van der Waals surface area (Å²) < 4.78 is 39.9. The van der Waals surface area contributed by atoms with Gasteiger partial charge in [0, 0.05) is 23.9 Å². The van der Waals surface area contributed by atoms with Crippen LogP contribution in [0, 0.1) is 0 Å². The Balaban J connectivity index is 1.98. The summed E-state index contributed by atoms with van der Waals surface area (Å²) in [4.78, 5) is 11.5. The molecule has 0 atom stereocenters. The normalized spacial score (nSPS) is 19.9. The van der Waals surface area contributed by atoms with E-state index in [1.54, 1.807) is 6.92 Å². The van der Waals surface area contributed by atoms with Gasteiger partial charge in [0.1, 0.15) is 0 Å². The monoisotopic (exact) mass is 297 g/mol. The number of benzene rings is 1. The van der Waals surface area contributed by atoms with Crippen molar-refractivity contribution >= 4 is 11.7 Å². The summed E-state index contributed by atoms with van der Waals surface area (Å²) in [6.07, 6.45) is -1.70. The minimum Gasteiger partial charge on any atom is -0.463 e. The molecule has 1 aromatic rings. The minimum atomic E-state index is -3.65. The van der Waals surface area contributed by atoms with Crippen LogP contribution in [0.3, 0.4) is 0 Å². The number of fused-ring (bicyclic) bond motifs is 2. The molecule has 1 N–H and O–H groups in total. The van der Waals surface area contributed by atoms with Gasteiger partial charge in [-0.3, -0.25) is 0 Å². The molecule has 0 bridgehead atoms. The van der Waals surface area contributed by atoms with Crippen molar-refractivity contribution in [2.24, 2.45) is 0 Å². The van der Waals surface area contributed by atoms with Gasteiger partial charge in [-0.15, -0.1) is 8.78 Å². The highest BCUT2D eigenvalue weighted by molar-refractivity contribution is 5.92. The van der Waals surface area contributed by atoms with Crippen LogP contribution in [0.1, 0.15) is 18.1 Å². The number of hydrogen-bond acceptors (Lipinski definition) is 5. The van der Waals surface area contributed by atoms with Gasteiger partial charge < -0.3 is 19.5 Å². The lowest BCUT2D eigenvalue weighted by molar-refractivity contribution is -0.286. The lowest BCUT2D eigenvalue weighted by Crippen LogP contribution is -2.25. The van der Waals surface area contributed by atoms with Gasteiger partial charge in [-0.1, -0.05) is 0 Å². The highest BCUT2D eigenvalue weighted by Gasteiger charge is 2.44. The van der Waals surface area contributed by atoms with Gasteiger partial charge in [-0.05, 0) is 31.0 Å². The zero-order valence-electron chi connectivity index (χ0n) is 11.2. The summed E-state index contributed by atoms with van der Waals surface area (Å²) in [5.41, 5.74) is 1.97. The van der Waals surface area contributed by atoms with Crippen LogP contribution >= 0.6 is 0 Å². The van der Waals surface area contributed by atoms with Crippen LogP contribution in [-0.4, -0.2) is 25.4 Å². The number of halogens is 2. The first kappa shape index (κ1) is 13.7. The Morgan fingerprint density at radius 2 is 2.14 bits per heavy atom. The second-order valence-electron chi connectivity index (χ2n) is 4.61. The predicted octanol–water partition coefficient (Wildman–Crippen LogP) is 2.06. The summed E-state index contributed by atoms with van der Waals surface area (Å²) in [5, 5.41) is 3.05. The average molecular weight is 297 g/mol. The van der Waals surface area contributed by atoms with Crippen LogP contribution in [0.5, 0.6) is 11.5 Å². The van der Waals surface area contributed by atoms with Gasteiger partial charge in [0.15, 0.2) is 11.5 Å². The quantitative estimate of drug-likeness (QED) is 0.669. The molecular weight excluding hydrogens is 284 g/mol. The van der Waals surface area contributed by atoms with Crippen LogP contribution in [0.2, 0.25) is 0 Å². The van der Waals surface area contributed by atoms with E-state index >= 15 is 0 Å². The molecule has 112 valence electrons. The lowest BCUT2D eigenvalue weighted by atomic mass is 9.97. The fourth-order valence-corrected chi connectivity index (χ4v) is 2.35. The standard InChI is InChI=1S/C14H13F2NO4/c1-2-19-13(18)7-10-9-6-12-11(20-14(15,16)21-12)5-8(9)3-4-17-10/h5-7,17H,2-4H2,1H3/b10-7+. The highest BCUT2D eigenvalue weighted by atomic mass is 19.3. The number of rotatable bonds is 2. The number of hydrogen-bond donors (Lipinski definition) is 1. The molecule has 7 heteroatoms. The molecule has 0 radical (unpaired) electrons. The van der Waals surface area contributed by atoms with E-state index in [2.05, 4.69) is 14.8 Å². The van der Waals surface area contributed by atoms with E-state index in [4.69, 9.17) is 4.74 Å². The van der Waals surface area contributed by atoms with Crippen molar-refractivity contribution < 1.29 is 27.8 Å². The molecule has 0 saturated heterocycles.